The number of cyclic esters (lactones) is 1. The van der Waals surface area contributed by atoms with Crippen LogP contribution in [0.2, 0.25) is 0 Å². The number of esters is 1. The number of benzene rings is 2. The molecule has 1 heterocycles. The first-order chi connectivity index (χ1) is 11.8. The molecule has 0 fully saturated rings. The van der Waals surface area contributed by atoms with Crippen LogP contribution in [0.25, 0.3) is 0 Å². The van der Waals surface area contributed by atoms with Gasteiger partial charge in [0.2, 0.25) is 5.79 Å². The van der Waals surface area contributed by atoms with E-state index in [1.54, 1.807) is 50.2 Å². The minimum absolute atomic E-state index is 0.144. The Morgan fingerprint density at radius 3 is 2.64 bits per heavy atom. The van der Waals surface area contributed by atoms with Crippen LogP contribution in [0.15, 0.2) is 52.7 Å². The summed E-state index contributed by atoms with van der Waals surface area (Å²) in [4.78, 5) is 23.0. The van der Waals surface area contributed by atoms with E-state index in [2.05, 4.69) is 10.2 Å². The quantitative estimate of drug-likeness (QED) is 0.670. The third-order valence-corrected chi connectivity index (χ3v) is 3.48. The lowest BCUT2D eigenvalue weighted by atomic mass is 10.1. The molecule has 0 spiro atoms. The zero-order chi connectivity index (χ0) is 18.0. The van der Waals surface area contributed by atoms with E-state index in [0.717, 1.165) is 0 Å². The van der Waals surface area contributed by atoms with Crippen molar-refractivity contribution < 1.29 is 24.2 Å². The van der Waals surface area contributed by atoms with Gasteiger partial charge in [0.15, 0.2) is 0 Å². The van der Waals surface area contributed by atoms with Crippen molar-refractivity contribution >= 4 is 23.3 Å². The van der Waals surface area contributed by atoms with Crippen LogP contribution in [-0.2, 0) is 16.0 Å². The van der Waals surface area contributed by atoms with E-state index < -0.39 is 17.7 Å². The highest BCUT2D eigenvalue weighted by atomic mass is 16.7. The lowest BCUT2D eigenvalue weighted by Crippen LogP contribution is -2.38. The van der Waals surface area contributed by atoms with Crippen LogP contribution in [-0.4, -0.2) is 22.8 Å². The first-order valence-corrected chi connectivity index (χ1v) is 7.62. The van der Waals surface area contributed by atoms with Gasteiger partial charge in [0.05, 0.1) is 17.8 Å². The minimum atomic E-state index is -1.01. The number of hydrogen-bond donors (Lipinski definition) is 1. The second-order valence-electron chi connectivity index (χ2n) is 5.97. The molecule has 7 heteroatoms. The summed E-state index contributed by atoms with van der Waals surface area (Å²) in [6.45, 7) is 3.31. The third-order valence-electron chi connectivity index (χ3n) is 3.48. The molecule has 128 valence electrons. The van der Waals surface area contributed by atoms with Crippen molar-refractivity contribution in [2.75, 3.05) is 0 Å². The Hall–Kier alpha value is -3.22. The Balaban J connectivity index is 1.88. The summed E-state index contributed by atoms with van der Waals surface area (Å²) >= 11 is 0. The normalized spacial score (nSPS) is 15.4. The van der Waals surface area contributed by atoms with Crippen LogP contribution in [0.5, 0.6) is 5.75 Å². The summed E-state index contributed by atoms with van der Waals surface area (Å²) in [5.74, 6) is -2.02. The van der Waals surface area contributed by atoms with Crippen LogP contribution >= 0.6 is 0 Å². The fraction of sp³-hybridized carbons (Fsp3) is 0.222. The molecule has 0 radical (unpaired) electrons. The smallest absolute Gasteiger partial charge is 0.345 e. The zero-order valence-electron chi connectivity index (χ0n) is 13.7. The standard InChI is InChI=1S/C18H16N2O5/c1-18(2)24-15-8-7-12(10-13(15)17(23)25-18)19-20-14-6-4-3-5-11(14)9-16(21)22/h3-8,10H,9H2,1-2H3,(H,21,22)/b20-19+. The topological polar surface area (TPSA) is 97.6 Å². The maximum Gasteiger partial charge on any atom is 0.345 e. The molecule has 0 amide bonds. The number of carboxylic acids is 1. The van der Waals surface area contributed by atoms with Gasteiger partial charge in [0, 0.05) is 13.8 Å². The molecule has 25 heavy (non-hydrogen) atoms. The molecule has 2 aromatic carbocycles. The van der Waals surface area contributed by atoms with Crippen molar-refractivity contribution in [2.24, 2.45) is 10.2 Å². The van der Waals surface area contributed by atoms with Gasteiger partial charge in [-0.25, -0.2) is 4.79 Å². The number of carboxylic acid groups (broad SMARTS) is 1. The summed E-state index contributed by atoms with van der Waals surface area (Å²) in [5, 5.41) is 17.1. The van der Waals surface area contributed by atoms with Crippen LogP contribution in [0.1, 0.15) is 29.8 Å². The first kappa shape index (κ1) is 16.6. The van der Waals surface area contributed by atoms with E-state index in [-0.39, 0.29) is 12.0 Å². The van der Waals surface area contributed by atoms with Crippen LogP contribution in [0, 0.1) is 0 Å². The second kappa shape index (κ2) is 6.35. The molecule has 3 rings (SSSR count). The zero-order valence-corrected chi connectivity index (χ0v) is 13.7. The average Bonchev–Trinajstić information content (AvgIpc) is 2.53. The Morgan fingerprint density at radius 2 is 1.88 bits per heavy atom. The summed E-state index contributed by atoms with van der Waals surface area (Å²) < 4.78 is 10.8. The lowest BCUT2D eigenvalue weighted by Gasteiger charge is -2.31. The molecule has 7 nitrogen and oxygen atoms in total. The van der Waals surface area contributed by atoms with E-state index in [1.807, 2.05) is 0 Å². The molecule has 1 N–H and O–H groups in total. The Morgan fingerprint density at radius 1 is 1.12 bits per heavy atom. The largest absolute Gasteiger partial charge is 0.481 e. The van der Waals surface area contributed by atoms with Crippen LogP contribution in [0.3, 0.4) is 0 Å². The maximum absolute atomic E-state index is 12.1. The highest BCUT2D eigenvalue weighted by Gasteiger charge is 2.33. The SMILES string of the molecule is CC1(C)OC(=O)c2cc(/N=N/c3ccccc3CC(=O)O)ccc2O1. The number of carbonyl (C=O) groups is 2. The van der Waals surface area contributed by atoms with E-state index in [1.165, 1.54) is 6.07 Å². The van der Waals surface area contributed by atoms with Crippen molar-refractivity contribution in [1.29, 1.82) is 0 Å². The maximum atomic E-state index is 12.1. The molecule has 0 saturated heterocycles. The fourth-order valence-corrected chi connectivity index (χ4v) is 2.42. The van der Waals surface area contributed by atoms with Crippen molar-refractivity contribution in [3.05, 3.63) is 53.6 Å². The van der Waals surface area contributed by atoms with Gasteiger partial charge in [-0.1, -0.05) is 18.2 Å². The lowest BCUT2D eigenvalue weighted by molar-refractivity contribution is -0.136. The van der Waals surface area contributed by atoms with Gasteiger partial charge in [-0.05, 0) is 29.8 Å². The Bertz CT molecular complexity index is 874. The molecule has 0 unspecified atom stereocenters. The number of carbonyl (C=O) groups excluding carboxylic acids is 1. The van der Waals surface area contributed by atoms with E-state index in [0.29, 0.717) is 22.7 Å². The van der Waals surface area contributed by atoms with Crippen LogP contribution < -0.4 is 4.74 Å². The summed E-state index contributed by atoms with van der Waals surface area (Å²) in [6, 6.07) is 11.7. The molecule has 0 aliphatic carbocycles. The Labute approximate surface area is 143 Å². The van der Waals surface area contributed by atoms with Crippen molar-refractivity contribution in [1.82, 2.24) is 0 Å². The number of azo groups is 1. The van der Waals surface area contributed by atoms with Gasteiger partial charge in [-0.2, -0.15) is 10.2 Å². The molecule has 0 bridgehead atoms. The molecule has 1 aliphatic rings. The molecule has 0 aromatic heterocycles. The van der Waals surface area contributed by atoms with Gasteiger partial charge in [0.1, 0.15) is 11.3 Å². The van der Waals surface area contributed by atoms with E-state index in [9.17, 15) is 9.59 Å². The van der Waals surface area contributed by atoms with Crippen LogP contribution in [0.4, 0.5) is 11.4 Å². The number of ether oxygens (including phenoxy) is 2. The first-order valence-electron chi connectivity index (χ1n) is 7.62. The monoisotopic (exact) mass is 340 g/mol. The molecular formula is C18H16N2O5. The van der Waals surface area contributed by atoms with Crippen molar-refractivity contribution in [3.63, 3.8) is 0 Å². The van der Waals surface area contributed by atoms with E-state index >= 15 is 0 Å². The summed E-state index contributed by atoms with van der Waals surface area (Å²) in [6.07, 6.45) is -0.144. The van der Waals surface area contributed by atoms with Gasteiger partial charge in [-0.3, -0.25) is 4.79 Å². The number of nitrogens with zero attached hydrogens (tertiary/aromatic N) is 2. The van der Waals surface area contributed by atoms with Gasteiger partial charge < -0.3 is 14.6 Å². The molecule has 2 aromatic rings. The Kier molecular flexibility index (Phi) is 4.22. The van der Waals surface area contributed by atoms with E-state index in [4.69, 9.17) is 14.6 Å². The predicted molar refractivity (Wildman–Crippen MR) is 88.5 cm³/mol. The molecule has 0 atom stereocenters. The van der Waals surface area contributed by atoms with Gasteiger partial charge in [-0.15, -0.1) is 0 Å². The number of aliphatic carboxylic acids is 1. The molecular weight excluding hydrogens is 324 g/mol. The summed E-state index contributed by atoms with van der Waals surface area (Å²) in [5.41, 5.74) is 1.72. The fourth-order valence-electron chi connectivity index (χ4n) is 2.42. The predicted octanol–water partition coefficient (Wildman–Crippen LogP) is 4.01. The highest BCUT2D eigenvalue weighted by Crippen LogP contribution is 2.34. The third kappa shape index (κ3) is 3.82. The highest BCUT2D eigenvalue weighted by molar-refractivity contribution is 5.94. The van der Waals surface area contributed by atoms with Crippen molar-refractivity contribution in [3.8, 4) is 5.75 Å². The van der Waals surface area contributed by atoms with Crippen molar-refractivity contribution in [2.45, 2.75) is 26.1 Å². The average molecular weight is 340 g/mol. The minimum Gasteiger partial charge on any atom is -0.481 e. The summed E-state index contributed by atoms with van der Waals surface area (Å²) in [7, 11) is 0. The number of fused-ring (bicyclic) bond motifs is 1. The number of hydrogen-bond acceptors (Lipinski definition) is 6. The molecule has 0 saturated carbocycles. The molecule has 1 aliphatic heterocycles. The van der Waals surface area contributed by atoms with Gasteiger partial charge >= 0.3 is 11.9 Å². The second-order valence-corrected chi connectivity index (χ2v) is 5.97. The number of rotatable bonds is 4. The van der Waals surface area contributed by atoms with Gasteiger partial charge in [0.25, 0.3) is 0 Å².